The lowest BCUT2D eigenvalue weighted by molar-refractivity contribution is -0.116. The summed E-state index contributed by atoms with van der Waals surface area (Å²) in [6.45, 7) is 2.04. The zero-order chi connectivity index (χ0) is 19.4. The van der Waals surface area contributed by atoms with E-state index < -0.39 is 5.82 Å². The third kappa shape index (κ3) is 4.53. The SMILES string of the molecule is CCOc1ccc(NC(=O)Cn2c(-c3ccc(Cl)cc3)n[nH]c2=S)cc1F. The molecule has 0 bridgehead atoms. The molecule has 1 aromatic heterocycles. The number of anilines is 1. The molecule has 0 aliphatic heterocycles. The number of nitrogens with zero attached hydrogens (tertiary/aromatic N) is 2. The standard InChI is InChI=1S/C18H16ClFN4O2S/c1-2-26-15-8-7-13(9-14(15)20)21-16(25)10-24-17(22-23-18(24)27)11-3-5-12(19)6-4-11/h3-9H,2,10H2,1H3,(H,21,25)(H,23,27). The van der Waals surface area contributed by atoms with Crippen LogP contribution in [0.25, 0.3) is 11.4 Å². The summed E-state index contributed by atoms with van der Waals surface area (Å²) in [4.78, 5) is 12.4. The molecule has 0 atom stereocenters. The Morgan fingerprint density at radius 3 is 2.74 bits per heavy atom. The van der Waals surface area contributed by atoms with E-state index in [1.807, 2.05) is 0 Å². The molecule has 2 N–H and O–H groups in total. The van der Waals surface area contributed by atoms with Gasteiger partial charge in [-0.1, -0.05) is 11.6 Å². The normalized spacial score (nSPS) is 10.6. The summed E-state index contributed by atoms with van der Waals surface area (Å²) in [6, 6.07) is 11.3. The van der Waals surface area contributed by atoms with Crippen molar-refractivity contribution in [3.8, 4) is 17.1 Å². The smallest absolute Gasteiger partial charge is 0.244 e. The van der Waals surface area contributed by atoms with E-state index >= 15 is 0 Å². The molecule has 0 fully saturated rings. The van der Waals surface area contributed by atoms with Crippen LogP contribution in [0.4, 0.5) is 10.1 Å². The number of nitrogens with one attached hydrogen (secondary N) is 2. The fraction of sp³-hybridized carbons (Fsp3) is 0.167. The number of hydrogen-bond donors (Lipinski definition) is 2. The Bertz CT molecular complexity index is 1020. The van der Waals surface area contributed by atoms with Crippen LogP contribution in [0.3, 0.4) is 0 Å². The average Bonchev–Trinajstić information content (AvgIpc) is 2.99. The van der Waals surface area contributed by atoms with E-state index in [2.05, 4.69) is 15.5 Å². The summed E-state index contributed by atoms with van der Waals surface area (Å²) in [5, 5.41) is 10.1. The van der Waals surface area contributed by atoms with Gasteiger partial charge in [0.2, 0.25) is 5.91 Å². The van der Waals surface area contributed by atoms with Crippen LogP contribution in [0.1, 0.15) is 6.92 Å². The zero-order valence-corrected chi connectivity index (χ0v) is 15.9. The Morgan fingerprint density at radius 1 is 1.33 bits per heavy atom. The fourth-order valence-electron chi connectivity index (χ4n) is 2.48. The Balaban J connectivity index is 1.77. The molecule has 1 amide bonds. The quantitative estimate of drug-likeness (QED) is 0.594. The molecular formula is C18H16ClFN4O2S. The van der Waals surface area contributed by atoms with Crippen molar-refractivity contribution in [2.75, 3.05) is 11.9 Å². The van der Waals surface area contributed by atoms with Gasteiger partial charge < -0.3 is 10.1 Å². The van der Waals surface area contributed by atoms with E-state index in [-0.39, 0.29) is 18.2 Å². The topological polar surface area (TPSA) is 71.9 Å². The van der Waals surface area contributed by atoms with Gasteiger partial charge in [-0.2, -0.15) is 5.10 Å². The first-order valence-electron chi connectivity index (χ1n) is 8.11. The predicted octanol–water partition coefficient (Wildman–Crippen LogP) is 4.44. The zero-order valence-electron chi connectivity index (χ0n) is 14.3. The predicted molar refractivity (Wildman–Crippen MR) is 104 cm³/mol. The number of hydrogen-bond acceptors (Lipinski definition) is 4. The Labute approximate surface area is 164 Å². The average molecular weight is 407 g/mol. The van der Waals surface area contributed by atoms with E-state index in [1.165, 1.54) is 12.1 Å². The molecule has 0 radical (unpaired) electrons. The van der Waals surface area contributed by atoms with E-state index in [0.29, 0.717) is 27.9 Å². The van der Waals surface area contributed by atoms with Crippen molar-refractivity contribution in [1.29, 1.82) is 0 Å². The van der Waals surface area contributed by atoms with Crippen LogP contribution < -0.4 is 10.1 Å². The molecule has 0 aliphatic rings. The molecule has 27 heavy (non-hydrogen) atoms. The highest BCUT2D eigenvalue weighted by Crippen LogP contribution is 2.22. The molecule has 0 saturated carbocycles. The number of carbonyl (C=O) groups is 1. The van der Waals surface area contributed by atoms with Crippen LogP contribution in [0, 0.1) is 10.6 Å². The number of amides is 1. The third-order valence-electron chi connectivity index (χ3n) is 3.68. The summed E-state index contributed by atoms with van der Waals surface area (Å²) in [7, 11) is 0. The Kier molecular flexibility index (Phi) is 5.88. The van der Waals surface area contributed by atoms with Crippen molar-refractivity contribution in [3.63, 3.8) is 0 Å². The first-order valence-corrected chi connectivity index (χ1v) is 8.90. The lowest BCUT2D eigenvalue weighted by Crippen LogP contribution is -2.19. The minimum absolute atomic E-state index is 0.0812. The summed E-state index contributed by atoms with van der Waals surface area (Å²) in [6.07, 6.45) is 0. The highest BCUT2D eigenvalue weighted by molar-refractivity contribution is 7.71. The number of aromatic amines is 1. The van der Waals surface area contributed by atoms with Crippen molar-refractivity contribution in [3.05, 3.63) is 58.1 Å². The van der Waals surface area contributed by atoms with Gasteiger partial charge in [0.25, 0.3) is 0 Å². The third-order valence-corrected chi connectivity index (χ3v) is 4.24. The number of ether oxygens (including phenoxy) is 1. The second-order valence-electron chi connectivity index (χ2n) is 5.57. The summed E-state index contributed by atoms with van der Waals surface area (Å²) in [5.41, 5.74) is 1.08. The lowest BCUT2D eigenvalue weighted by atomic mass is 10.2. The number of benzene rings is 2. The number of carbonyl (C=O) groups excluding carboxylic acids is 1. The van der Waals surface area contributed by atoms with Crippen LogP contribution in [-0.2, 0) is 11.3 Å². The lowest BCUT2D eigenvalue weighted by Gasteiger charge is -2.10. The van der Waals surface area contributed by atoms with Crippen LogP contribution in [0.5, 0.6) is 5.75 Å². The number of halogens is 2. The van der Waals surface area contributed by atoms with Gasteiger partial charge in [-0.15, -0.1) is 0 Å². The van der Waals surface area contributed by atoms with Gasteiger partial charge in [0.1, 0.15) is 6.54 Å². The van der Waals surface area contributed by atoms with Gasteiger partial charge in [-0.05, 0) is 55.5 Å². The molecule has 0 spiro atoms. The maximum Gasteiger partial charge on any atom is 0.244 e. The first-order chi connectivity index (χ1) is 13.0. The molecule has 2 aromatic carbocycles. The first kappa shape index (κ1) is 19.1. The van der Waals surface area contributed by atoms with Gasteiger partial charge in [-0.3, -0.25) is 14.5 Å². The molecule has 9 heteroatoms. The van der Waals surface area contributed by atoms with Crippen molar-refractivity contribution in [2.24, 2.45) is 0 Å². The maximum absolute atomic E-state index is 13.9. The minimum atomic E-state index is -0.545. The minimum Gasteiger partial charge on any atom is -0.491 e. The monoisotopic (exact) mass is 406 g/mol. The Morgan fingerprint density at radius 2 is 2.07 bits per heavy atom. The second kappa shape index (κ2) is 8.32. The van der Waals surface area contributed by atoms with E-state index in [9.17, 15) is 9.18 Å². The maximum atomic E-state index is 13.9. The molecule has 3 aromatic rings. The largest absolute Gasteiger partial charge is 0.491 e. The molecule has 0 aliphatic carbocycles. The van der Waals surface area contributed by atoms with Gasteiger partial charge in [0.05, 0.1) is 6.61 Å². The number of aromatic nitrogens is 3. The van der Waals surface area contributed by atoms with Crippen molar-refractivity contribution in [1.82, 2.24) is 14.8 Å². The van der Waals surface area contributed by atoms with Crippen molar-refractivity contribution >= 4 is 35.4 Å². The van der Waals surface area contributed by atoms with Crippen LogP contribution in [-0.4, -0.2) is 27.3 Å². The van der Waals surface area contributed by atoms with Gasteiger partial charge >= 0.3 is 0 Å². The highest BCUT2D eigenvalue weighted by atomic mass is 35.5. The van der Waals surface area contributed by atoms with Gasteiger partial charge in [0, 0.05) is 22.3 Å². The van der Waals surface area contributed by atoms with Crippen LogP contribution in [0.15, 0.2) is 42.5 Å². The van der Waals surface area contributed by atoms with E-state index in [4.69, 9.17) is 28.6 Å². The van der Waals surface area contributed by atoms with Crippen LogP contribution in [0.2, 0.25) is 5.02 Å². The highest BCUT2D eigenvalue weighted by Gasteiger charge is 2.13. The molecule has 0 unspecified atom stereocenters. The van der Waals surface area contributed by atoms with Crippen molar-refractivity contribution < 1.29 is 13.9 Å². The Hall–Kier alpha value is -2.71. The number of H-pyrrole nitrogens is 1. The molecule has 6 nitrogen and oxygen atoms in total. The molecular weight excluding hydrogens is 391 g/mol. The number of rotatable bonds is 6. The van der Waals surface area contributed by atoms with E-state index in [1.54, 1.807) is 41.8 Å². The van der Waals surface area contributed by atoms with Crippen molar-refractivity contribution in [2.45, 2.75) is 13.5 Å². The van der Waals surface area contributed by atoms with Gasteiger partial charge in [0.15, 0.2) is 22.2 Å². The second-order valence-corrected chi connectivity index (χ2v) is 6.39. The summed E-state index contributed by atoms with van der Waals surface area (Å²) in [5.74, 6) is -0.273. The van der Waals surface area contributed by atoms with Gasteiger partial charge in [-0.25, -0.2) is 4.39 Å². The van der Waals surface area contributed by atoms with Crippen LogP contribution >= 0.6 is 23.8 Å². The molecule has 140 valence electrons. The summed E-state index contributed by atoms with van der Waals surface area (Å²) >= 11 is 11.1. The molecule has 3 rings (SSSR count). The molecule has 1 heterocycles. The fourth-order valence-corrected chi connectivity index (χ4v) is 2.80. The van der Waals surface area contributed by atoms with E-state index in [0.717, 1.165) is 5.56 Å². The summed E-state index contributed by atoms with van der Waals surface area (Å²) < 4.78 is 20.9. The molecule has 0 saturated heterocycles.